The molecule has 0 bridgehead atoms. The second-order valence-corrected chi connectivity index (χ2v) is 7.91. The van der Waals surface area contributed by atoms with Gasteiger partial charge in [-0.25, -0.2) is 0 Å². The van der Waals surface area contributed by atoms with E-state index in [2.05, 4.69) is 32.2 Å². The quantitative estimate of drug-likeness (QED) is 0.728. The van der Waals surface area contributed by atoms with Crippen molar-refractivity contribution >= 4 is 5.91 Å². The maximum absolute atomic E-state index is 12.3. The molecule has 4 nitrogen and oxygen atoms in total. The average molecular weight is 370 g/mol. The van der Waals surface area contributed by atoms with Crippen LogP contribution >= 0.6 is 0 Å². The Morgan fingerprint density at radius 3 is 2.44 bits per heavy atom. The van der Waals surface area contributed by atoms with Crippen LogP contribution in [0, 0.1) is 13.8 Å². The Balaban J connectivity index is 1.83. The maximum Gasteiger partial charge on any atom is 0.260 e. The molecule has 0 aliphatic rings. The Hall–Kier alpha value is -2.49. The second-order valence-electron chi connectivity index (χ2n) is 7.91. The number of benzene rings is 2. The van der Waals surface area contributed by atoms with Gasteiger partial charge < -0.3 is 14.8 Å². The Bertz CT molecular complexity index is 777. The first-order valence-electron chi connectivity index (χ1n) is 9.42. The van der Waals surface area contributed by atoms with Crippen molar-refractivity contribution in [1.82, 2.24) is 5.32 Å². The number of hydrogen-bond acceptors (Lipinski definition) is 3. The number of hydrogen-bond donors (Lipinski definition) is 1. The highest BCUT2D eigenvalue weighted by Crippen LogP contribution is 2.30. The number of nitrogens with one attached hydrogen (secondary N) is 1. The molecule has 0 radical (unpaired) electrons. The van der Waals surface area contributed by atoms with Gasteiger partial charge >= 0.3 is 0 Å². The van der Waals surface area contributed by atoms with E-state index < -0.39 is 6.10 Å². The molecule has 1 amide bonds. The van der Waals surface area contributed by atoms with Crippen molar-refractivity contribution in [2.45, 2.75) is 53.1 Å². The van der Waals surface area contributed by atoms with Crippen LogP contribution < -0.4 is 14.8 Å². The fourth-order valence-electron chi connectivity index (χ4n) is 2.87. The Morgan fingerprint density at radius 2 is 1.78 bits per heavy atom. The van der Waals surface area contributed by atoms with Crippen LogP contribution in [0.25, 0.3) is 0 Å². The van der Waals surface area contributed by atoms with Gasteiger partial charge in [0, 0.05) is 0 Å². The third kappa shape index (κ3) is 6.02. The van der Waals surface area contributed by atoms with E-state index in [1.54, 1.807) is 6.92 Å². The fraction of sp³-hybridized carbons (Fsp3) is 0.435. The SMILES string of the molecule is Cc1ccc(O[C@H](C)C(=O)NCCOc2ccccc2C(C)(C)C)c(C)c1. The third-order valence-corrected chi connectivity index (χ3v) is 4.36. The predicted molar refractivity (Wildman–Crippen MR) is 110 cm³/mol. The van der Waals surface area contributed by atoms with Gasteiger partial charge in [0.15, 0.2) is 6.10 Å². The van der Waals surface area contributed by atoms with E-state index in [4.69, 9.17) is 9.47 Å². The standard InChI is InChI=1S/C23H31NO3/c1-16-11-12-20(17(2)15-16)27-18(3)22(25)24-13-14-26-21-10-8-7-9-19(21)23(4,5)6/h7-12,15,18H,13-14H2,1-6H3,(H,24,25)/t18-/m1/s1. The molecule has 2 aromatic rings. The summed E-state index contributed by atoms with van der Waals surface area (Å²) in [5, 5.41) is 2.87. The van der Waals surface area contributed by atoms with Crippen molar-refractivity contribution in [3.63, 3.8) is 0 Å². The molecule has 27 heavy (non-hydrogen) atoms. The molecule has 0 heterocycles. The summed E-state index contributed by atoms with van der Waals surface area (Å²) >= 11 is 0. The van der Waals surface area contributed by atoms with Gasteiger partial charge in [-0.2, -0.15) is 0 Å². The first-order chi connectivity index (χ1) is 12.7. The molecule has 2 aromatic carbocycles. The molecule has 2 rings (SSSR count). The Labute approximate surface area is 162 Å². The smallest absolute Gasteiger partial charge is 0.260 e. The predicted octanol–water partition coefficient (Wildman–Crippen LogP) is 4.56. The Kier molecular flexibility index (Phi) is 6.89. The third-order valence-electron chi connectivity index (χ3n) is 4.36. The molecule has 0 unspecified atom stereocenters. The highest BCUT2D eigenvalue weighted by Gasteiger charge is 2.19. The van der Waals surface area contributed by atoms with Crippen LogP contribution in [0.1, 0.15) is 44.4 Å². The lowest BCUT2D eigenvalue weighted by Crippen LogP contribution is -2.38. The maximum atomic E-state index is 12.3. The normalized spacial score (nSPS) is 12.4. The summed E-state index contributed by atoms with van der Waals surface area (Å²) in [6.45, 7) is 13.1. The van der Waals surface area contributed by atoms with Gasteiger partial charge in [-0.05, 0) is 49.4 Å². The van der Waals surface area contributed by atoms with Crippen LogP contribution in [-0.2, 0) is 10.2 Å². The second kappa shape index (κ2) is 8.94. The van der Waals surface area contributed by atoms with Crippen molar-refractivity contribution in [1.29, 1.82) is 0 Å². The van der Waals surface area contributed by atoms with Crippen molar-refractivity contribution in [2.24, 2.45) is 0 Å². The molecular formula is C23H31NO3. The van der Waals surface area contributed by atoms with Gasteiger partial charge in [-0.1, -0.05) is 56.7 Å². The lowest BCUT2D eigenvalue weighted by Gasteiger charge is -2.23. The summed E-state index contributed by atoms with van der Waals surface area (Å²) in [5.74, 6) is 1.44. The van der Waals surface area contributed by atoms with Crippen LogP contribution in [-0.4, -0.2) is 25.2 Å². The van der Waals surface area contributed by atoms with Crippen LogP contribution in [0.15, 0.2) is 42.5 Å². The molecule has 0 aromatic heterocycles. The van der Waals surface area contributed by atoms with E-state index in [0.717, 1.165) is 22.6 Å². The van der Waals surface area contributed by atoms with Crippen molar-refractivity contribution in [3.8, 4) is 11.5 Å². The lowest BCUT2D eigenvalue weighted by atomic mass is 9.86. The number of carbonyl (C=O) groups excluding carboxylic acids is 1. The topological polar surface area (TPSA) is 47.6 Å². The van der Waals surface area contributed by atoms with Gasteiger partial charge in [0.25, 0.3) is 5.91 Å². The summed E-state index contributed by atoms with van der Waals surface area (Å²) in [6, 6.07) is 13.9. The highest BCUT2D eigenvalue weighted by atomic mass is 16.5. The molecule has 1 N–H and O–H groups in total. The van der Waals surface area contributed by atoms with Crippen molar-refractivity contribution in [2.75, 3.05) is 13.2 Å². The minimum absolute atomic E-state index is 0.00803. The number of carbonyl (C=O) groups is 1. The van der Waals surface area contributed by atoms with Crippen LogP contribution in [0.2, 0.25) is 0 Å². The summed E-state index contributed by atoms with van der Waals surface area (Å²) in [5.41, 5.74) is 3.36. The van der Waals surface area contributed by atoms with E-state index >= 15 is 0 Å². The first kappa shape index (κ1) is 20.8. The molecule has 4 heteroatoms. The summed E-state index contributed by atoms with van der Waals surface area (Å²) in [7, 11) is 0. The largest absolute Gasteiger partial charge is 0.491 e. The molecule has 0 spiro atoms. The monoisotopic (exact) mass is 369 g/mol. The van der Waals surface area contributed by atoms with Gasteiger partial charge in [0.05, 0.1) is 6.54 Å². The number of ether oxygens (including phenoxy) is 2. The molecule has 1 atom stereocenters. The minimum atomic E-state index is -0.562. The summed E-state index contributed by atoms with van der Waals surface area (Å²) in [6.07, 6.45) is -0.562. The number of amides is 1. The molecule has 0 saturated carbocycles. The minimum Gasteiger partial charge on any atom is -0.491 e. The molecule has 146 valence electrons. The lowest BCUT2D eigenvalue weighted by molar-refractivity contribution is -0.127. The Morgan fingerprint density at radius 1 is 1.07 bits per heavy atom. The summed E-state index contributed by atoms with van der Waals surface area (Å²) in [4.78, 5) is 12.3. The highest BCUT2D eigenvalue weighted by molar-refractivity contribution is 5.80. The van der Waals surface area contributed by atoms with E-state index in [1.165, 1.54) is 5.56 Å². The molecular weight excluding hydrogens is 338 g/mol. The van der Waals surface area contributed by atoms with E-state index in [0.29, 0.717) is 13.2 Å². The van der Waals surface area contributed by atoms with Crippen molar-refractivity contribution < 1.29 is 14.3 Å². The molecule has 0 fully saturated rings. The van der Waals surface area contributed by atoms with Crippen LogP contribution in [0.5, 0.6) is 11.5 Å². The van der Waals surface area contributed by atoms with E-state index in [-0.39, 0.29) is 11.3 Å². The number of para-hydroxylation sites is 1. The zero-order valence-electron chi connectivity index (χ0n) is 17.3. The molecule has 0 aliphatic heterocycles. The van der Waals surface area contributed by atoms with Gasteiger partial charge in [-0.3, -0.25) is 4.79 Å². The van der Waals surface area contributed by atoms with Crippen LogP contribution in [0.4, 0.5) is 0 Å². The average Bonchev–Trinajstić information content (AvgIpc) is 2.60. The fourth-order valence-corrected chi connectivity index (χ4v) is 2.87. The zero-order valence-corrected chi connectivity index (χ0v) is 17.3. The van der Waals surface area contributed by atoms with Gasteiger partial charge in [-0.15, -0.1) is 0 Å². The first-order valence-corrected chi connectivity index (χ1v) is 9.42. The summed E-state index contributed by atoms with van der Waals surface area (Å²) < 4.78 is 11.7. The van der Waals surface area contributed by atoms with Crippen LogP contribution in [0.3, 0.4) is 0 Å². The zero-order chi connectivity index (χ0) is 20.0. The van der Waals surface area contributed by atoms with Gasteiger partial charge in [0.1, 0.15) is 18.1 Å². The molecule has 0 saturated heterocycles. The van der Waals surface area contributed by atoms with E-state index in [9.17, 15) is 4.79 Å². The van der Waals surface area contributed by atoms with E-state index in [1.807, 2.05) is 50.2 Å². The molecule has 0 aliphatic carbocycles. The number of aryl methyl sites for hydroxylation is 2. The van der Waals surface area contributed by atoms with Gasteiger partial charge in [0.2, 0.25) is 0 Å². The van der Waals surface area contributed by atoms with Crippen molar-refractivity contribution in [3.05, 3.63) is 59.2 Å². The number of rotatable bonds is 7.